The predicted molar refractivity (Wildman–Crippen MR) is 72.6 cm³/mol. The summed E-state index contributed by atoms with van der Waals surface area (Å²) < 4.78 is 2.19. The van der Waals surface area contributed by atoms with Gasteiger partial charge in [-0.05, 0) is 26.2 Å². The Balaban J connectivity index is 2.77. The lowest BCUT2D eigenvalue weighted by Crippen LogP contribution is -2.11. The Kier molecular flexibility index (Phi) is 6.02. The van der Waals surface area contributed by atoms with Crippen LogP contribution in [0, 0.1) is 5.92 Å². The molecule has 0 amide bonds. The molecule has 1 rings (SSSR count). The van der Waals surface area contributed by atoms with Gasteiger partial charge in [0.15, 0.2) is 0 Å². The molecule has 0 bridgehead atoms. The second-order valence-corrected chi connectivity index (χ2v) is 5.25. The fraction of sp³-hybridized carbons (Fsp3) is 0.786. The molecule has 102 valence electrons. The number of nitrogens with zero attached hydrogens (tertiary/aromatic N) is 3. The third-order valence-electron chi connectivity index (χ3n) is 3.40. The van der Waals surface area contributed by atoms with E-state index >= 15 is 0 Å². The van der Waals surface area contributed by atoms with Crippen molar-refractivity contribution in [3.05, 3.63) is 11.6 Å². The molecule has 0 saturated heterocycles. The highest BCUT2D eigenvalue weighted by Gasteiger charge is 2.14. The number of aromatic nitrogens is 3. The molecular weight excluding hydrogens is 226 g/mol. The molecule has 1 unspecified atom stereocenters. The molecule has 0 aromatic carbocycles. The molecule has 1 aromatic heterocycles. The number of hydrogen-bond donors (Lipinski definition) is 0. The second kappa shape index (κ2) is 7.29. The average molecular weight is 251 g/mol. The van der Waals surface area contributed by atoms with Gasteiger partial charge in [-0.15, -0.1) is 10.2 Å². The van der Waals surface area contributed by atoms with E-state index in [-0.39, 0.29) is 0 Å². The number of hydrogen-bond acceptors (Lipinski definition) is 3. The number of rotatable bonds is 8. The summed E-state index contributed by atoms with van der Waals surface area (Å²) in [7, 11) is 0. The van der Waals surface area contributed by atoms with Gasteiger partial charge in [0.1, 0.15) is 17.9 Å². The van der Waals surface area contributed by atoms with Gasteiger partial charge in [-0.1, -0.05) is 20.3 Å². The Labute approximate surface area is 110 Å². The summed E-state index contributed by atoms with van der Waals surface area (Å²) in [6.45, 7) is 8.76. The summed E-state index contributed by atoms with van der Waals surface area (Å²) in [5, 5.41) is 8.53. The van der Waals surface area contributed by atoms with Crippen LogP contribution in [0.5, 0.6) is 0 Å². The Hall–Kier alpha value is -1.19. The molecule has 0 spiro atoms. The molecular formula is C14H25N3O. The Morgan fingerprint density at radius 2 is 1.78 bits per heavy atom. The summed E-state index contributed by atoms with van der Waals surface area (Å²) in [5.74, 6) is 2.73. The zero-order valence-electron chi connectivity index (χ0n) is 12.0. The maximum atomic E-state index is 10.5. The highest BCUT2D eigenvalue weighted by molar-refractivity contribution is 5.49. The zero-order chi connectivity index (χ0) is 13.5. The van der Waals surface area contributed by atoms with Gasteiger partial charge in [0.2, 0.25) is 0 Å². The van der Waals surface area contributed by atoms with Crippen LogP contribution in [0.15, 0.2) is 0 Å². The highest BCUT2D eigenvalue weighted by Crippen LogP contribution is 2.17. The summed E-state index contributed by atoms with van der Waals surface area (Å²) in [6.07, 6.45) is 5.48. The molecule has 1 atom stereocenters. The lowest BCUT2D eigenvalue weighted by Gasteiger charge is -2.14. The van der Waals surface area contributed by atoms with E-state index in [2.05, 4.69) is 42.5 Å². The zero-order valence-corrected chi connectivity index (χ0v) is 12.0. The van der Waals surface area contributed by atoms with Crippen molar-refractivity contribution < 1.29 is 4.79 Å². The van der Waals surface area contributed by atoms with Crippen LogP contribution in [0.1, 0.15) is 64.6 Å². The first-order valence-electron chi connectivity index (χ1n) is 6.96. The first-order chi connectivity index (χ1) is 8.60. The van der Waals surface area contributed by atoms with Crippen molar-refractivity contribution in [1.82, 2.24) is 14.8 Å². The van der Waals surface area contributed by atoms with Gasteiger partial charge in [-0.3, -0.25) is 0 Å². The van der Waals surface area contributed by atoms with Crippen molar-refractivity contribution in [2.75, 3.05) is 0 Å². The minimum absolute atomic E-state index is 0.355. The molecule has 0 aliphatic heterocycles. The minimum Gasteiger partial charge on any atom is -0.312 e. The third kappa shape index (κ3) is 3.93. The lowest BCUT2D eigenvalue weighted by molar-refractivity contribution is -0.107. The summed E-state index contributed by atoms with van der Waals surface area (Å²) >= 11 is 0. The van der Waals surface area contributed by atoms with E-state index in [1.807, 2.05) is 0 Å². The van der Waals surface area contributed by atoms with E-state index in [0.29, 0.717) is 18.9 Å². The normalized spacial score (nSPS) is 12.9. The molecule has 0 N–H and O–H groups in total. The van der Waals surface area contributed by atoms with Crippen molar-refractivity contribution in [2.24, 2.45) is 5.92 Å². The largest absolute Gasteiger partial charge is 0.312 e. The smallest absolute Gasteiger partial charge is 0.133 e. The van der Waals surface area contributed by atoms with Crippen molar-refractivity contribution >= 4 is 6.29 Å². The maximum Gasteiger partial charge on any atom is 0.133 e. The van der Waals surface area contributed by atoms with Crippen molar-refractivity contribution in [1.29, 1.82) is 0 Å². The number of aldehydes is 1. The van der Waals surface area contributed by atoms with Crippen LogP contribution in [0.25, 0.3) is 0 Å². The fourth-order valence-corrected chi connectivity index (χ4v) is 2.07. The molecule has 4 nitrogen and oxygen atoms in total. The standard InChI is InChI=1S/C14H25N3O/c1-5-12(4)8-9-14-16-15-13(7-6-10-18)17(14)11(2)3/h10-12H,5-9H2,1-4H3. The monoisotopic (exact) mass is 251 g/mol. The Morgan fingerprint density at radius 3 is 2.28 bits per heavy atom. The minimum atomic E-state index is 0.355. The van der Waals surface area contributed by atoms with Gasteiger partial charge in [0.05, 0.1) is 0 Å². The van der Waals surface area contributed by atoms with E-state index in [1.54, 1.807) is 0 Å². The van der Waals surface area contributed by atoms with Crippen molar-refractivity contribution in [3.63, 3.8) is 0 Å². The lowest BCUT2D eigenvalue weighted by atomic mass is 10.0. The molecule has 4 heteroatoms. The van der Waals surface area contributed by atoms with Gasteiger partial charge >= 0.3 is 0 Å². The van der Waals surface area contributed by atoms with Crippen LogP contribution in [0.4, 0.5) is 0 Å². The molecule has 0 saturated carbocycles. The number of carbonyl (C=O) groups excluding carboxylic acids is 1. The molecule has 0 fully saturated rings. The Morgan fingerprint density at radius 1 is 1.17 bits per heavy atom. The van der Waals surface area contributed by atoms with Gasteiger partial charge < -0.3 is 9.36 Å². The van der Waals surface area contributed by atoms with E-state index in [0.717, 1.165) is 36.7 Å². The highest BCUT2D eigenvalue weighted by atomic mass is 16.1. The molecule has 0 aliphatic rings. The molecule has 1 aromatic rings. The van der Waals surface area contributed by atoms with Crippen LogP contribution in [-0.4, -0.2) is 21.1 Å². The summed E-state index contributed by atoms with van der Waals surface area (Å²) in [5.41, 5.74) is 0. The Bertz CT molecular complexity index is 371. The maximum absolute atomic E-state index is 10.5. The van der Waals surface area contributed by atoms with E-state index in [9.17, 15) is 4.79 Å². The third-order valence-corrected chi connectivity index (χ3v) is 3.40. The van der Waals surface area contributed by atoms with E-state index in [1.165, 1.54) is 6.42 Å². The van der Waals surface area contributed by atoms with Gasteiger partial charge in [-0.2, -0.15) is 0 Å². The van der Waals surface area contributed by atoms with Crippen LogP contribution < -0.4 is 0 Å². The summed E-state index contributed by atoms with van der Waals surface area (Å²) in [6, 6.07) is 0.355. The van der Waals surface area contributed by atoms with Gasteiger partial charge in [0, 0.05) is 25.3 Å². The first kappa shape index (κ1) is 14.9. The van der Waals surface area contributed by atoms with Crippen LogP contribution in [0.3, 0.4) is 0 Å². The van der Waals surface area contributed by atoms with E-state index < -0.39 is 0 Å². The van der Waals surface area contributed by atoms with Crippen molar-refractivity contribution in [3.8, 4) is 0 Å². The van der Waals surface area contributed by atoms with Crippen LogP contribution in [-0.2, 0) is 17.6 Å². The SMILES string of the molecule is CCC(C)CCc1nnc(CCC=O)n1C(C)C. The molecule has 1 heterocycles. The number of aryl methyl sites for hydroxylation is 2. The second-order valence-electron chi connectivity index (χ2n) is 5.25. The topological polar surface area (TPSA) is 47.8 Å². The summed E-state index contributed by atoms with van der Waals surface area (Å²) in [4.78, 5) is 10.5. The molecule has 0 radical (unpaired) electrons. The quantitative estimate of drug-likeness (QED) is 0.667. The number of carbonyl (C=O) groups is 1. The fourth-order valence-electron chi connectivity index (χ4n) is 2.07. The van der Waals surface area contributed by atoms with E-state index in [4.69, 9.17) is 0 Å². The van der Waals surface area contributed by atoms with Crippen LogP contribution in [0.2, 0.25) is 0 Å². The molecule has 0 aliphatic carbocycles. The first-order valence-corrected chi connectivity index (χ1v) is 6.96. The van der Waals surface area contributed by atoms with Gasteiger partial charge in [-0.25, -0.2) is 0 Å². The predicted octanol–water partition coefficient (Wildman–Crippen LogP) is 2.97. The molecule has 18 heavy (non-hydrogen) atoms. The van der Waals surface area contributed by atoms with Crippen molar-refractivity contribution in [2.45, 2.75) is 65.8 Å². The van der Waals surface area contributed by atoms with Gasteiger partial charge in [0.25, 0.3) is 0 Å². The van der Waals surface area contributed by atoms with Crippen LogP contribution >= 0.6 is 0 Å². The average Bonchev–Trinajstić information content (AvgIpc) is 2.76.